The summed E-state index contributed by atoms with van der Waals surface area (Å²) in [5.74, 6) is 0.110. The van der Waals surface area contributed by atoms with Gasteiger partial charge in [0.25, 0.3) is 0 Å². The number of pyridine rings is 1. The van der Waals surface area contributed by atoms with Crippen molar-refractivity contribution in [3.63, 3.8) is 0 Å². The van der Waals surface area contributed by atoms with Crippen molar-refractivity contribution in [2.75, 3.05) is 11.1 Å². The first-order valence-electron chi connectivity index (χ1n) is 4.70. The Bertz CT molecular complexity index is 443. The van der Waals surface area contributed by atoms with Gasteiger partial charge in [-0.15, -0.1) is 0 Å². The number of hydrogen-bond acceptors (Lipinski definition) is 4. The molecule has 0 amide bonds. The lowest BCUT2D eigenvalue weighted by Gasteiger charge is -2.27. The minimum Gasteiger partial charge on any atom is -0.772 e. The van der Waals surface area contributed by atoms with Crippen LogP contribution >= 0.6 is 0 Å². The fraction of sp³-hybridized carbons (Fsp3) is 0.444. The van der Waals surface area contributed by atoms with Crippen LogP contribution in [0, 0.1) is 0 Å². The van der Waals surface area contributed by atoms with Gasteiger partial charge >= 0.3 is 0 Å². The van der Waals surface area contributed by atoms with Gasteiger partial charge < -0.3 is 14.9 Å². The van der Waals surface area contributed by atoms with E-state index in [4.69, 9.17) is 0 Å². The van der Waals surface area contributed by atoms with E-state index in [1.165, 1.54) is 6.07 Å². The van der Waals surface area contributed by atoms with Gasteiger partial charge in [0.05, 0.1) is 5.69 Å². The molecule has 0 radical (unpaired) electrons. The lowest BCUT2D eigenvalue weighted by Crippen LogP contribution is -2.32. The van der Waals surface area contributed by atoms with Gasteiger partial charge in [-0.05, 0) is 18.9 Å². The molecule has 0 aliphatic carbocycles. The first-order valence-corrected chi connectivity index (χ1v) is 5.94. The number of rotatable bonds is 2. The average Bonchev–Trinajstić information content (AvgIpc) is 2.17. The molecule has 0 saturated heterocycles. The number of nitrogens with one attached hydrogen (secondary N) is 2. The van der Waals surface area contributed by atoms with E-state index in [0.717, 1.165) is 17.8 Å². The summed E-state index contributed by atoms with van der Waals surface area (Å²) >= 11 is -2.03. The maximum absolute atomic E-state index is 11.0. The predicted molar refractivity (Wildman–Crippen MR) is 56.6 cm³/mol. The zero-order chi connectivity index (χ0) is 10.8. The summed E-state index contributed by atoms with van der Waals surface area (Å²) in [6, 6.07) is 3.07. The third-order valence-electron chi connectivity index (χ3n) is 2.44. The molecule has 6 heteroatoms. The molecule has 1 aromatic heterocycles. The fourth-order valence-corrected chi connectivity index (χ4v) is 2.33. The summed E-state index contributed by atoms with van der Waals surface area (Å²) in [6.07, 6.45) is 1.43. The van der Waals surface area contributed by atoms with Crippen molar-refractivity contribution < 1.29 is 8.76 Å². The average molecular weight is 227 g/mol. The zero-order valence-electron chi connectivity index (χ0n) is 7.99. The predicted octanol–water partition coefficient (Wildman–Crippen LogP) is -0.0193. The highest BCUT2D eigenvalue weighted by molar-refractivity contribution is 7.79. The Morgan fingerprint density at radius 1 is 1.53 bits per heavy atom. The highest BCUT2D eigenvalue weighted by Crippen LogP contribution is 2.21. The number of fused-ring (bicyclic) bond motifs is 1. The lowest BCUT2D eigenvalue weighted by molar-refractivity contribution is 0.527. The lowest BCUT2D eigenvalue weighted by atomic mass is 10.0. The van der Waals surface area contributed by atoms with E-state index in [0.29, 0.717) is 6.42 Å². The van der Waals surface area contributed by atoms with Gasteiger partial charge in [-0.3, -0.25) is 9.00 Å². The van der Waals surface area contributed by atoms with Crippen LogP contribution in [0.4, 0.5) is 5.69 Å². The maximum Gasteiger partial charge on any atom is 0.248 e. The molecular formula is C9H11N2O3S-. The summed E-state index contributed by atoms with van der Waals surface area (Å²) < 4.78 is 21.1. The molecule has 1 aliphatic heterocycles. The second kappa shape index (κ2) is 4.16. The molecule has 0 saturated carbocycles. The zero-order valence-corrected chi connectivity index (χ0v) is 8.80. The van der Waals surface area contributed by atoms with Crippen LogP contribution in [-0.2, 0) is 17.5 Å². The topological polar surface area (TPSA) is 85.0 Å². The monoisotopic (exact) mass is 227 g/mol. The van der Waals surface area contributed by atoms with Crippen LogP contribution in [0.1, 0.15) is 12.1 Å². The Morgan fingerprint density at radius 2 is 2.33 bits per heavy atom. The summed E-state index contributed by atoms with van der Waals surface area (Å²) in [7, 11) is 0. The van der Waals surface area contributed by atoms with Gasteiger partial charge in [0.15, 0.2) is 0 Å². The van der Waals surface area contributed by atoms with Crippen LogP contribution in [0.25, 0.3) is 0 Å². The van der Waals surface area contributed by atoms with E-state index in [1.807, 2.05) is 0 Å². The Labute approximate surface area is 89.2 Å². The molecule has 2 heterocycles. The summed E-state index contributed by atoms with van der Waals surface area (Å²) in [5, 5.41) is 3.09. The Kier molecular flexibility index (Phi) is 2.88. The van der Waals surface area contributed by atoms with E-state index in [-0.39, 0.29) is 17.4 Å². The third kappa shape index (κ3) is 2.45. The van der Waals surface area contributed by atoms with Crippen LogP contribution in [0.2, 0.25) is 0 Å². The molecule has 2 N–H and O–H groups in total. The standard InChI is InChI=1S/C9H12N2O3S/c12-9-4-3-7-8(11-9)2-1-6(10-7)5-15(13)14/h3-4,6,10H,1-2,5H2,(H,11,12)(H,13,14)/p-1. The smallest absolute Gasteiger partial charge is 0.248 e. The highest BCUT2D eigenvalue weighted by atomic mass is 32.2. The number of H-pyrrole nitrogens is 1. The first kappa shape index (κ1) is 10.4. The minimum absolute atomic E-state index is 0.0539. The molecule has 2 rings (SSSR count). The SMILES string of the molecule is O=c1ccc2c([nH]1)CCC(CS(=O)[O-])N2. The number of hydrogen-bond donors (Lipinski definition) is 2. The summed E-state index contributed by atoms with van der Waals surface area (Å²) in [4.78, 5) is 13.7. The van der Waals surface area contributed by atoms with E-state index < -0.39 is 11.1 Å². The molecule has 2 atom stereocenters. The second-order valence-corrected chi connectivity index (χ2v) is 4.51. The van der Waals surface area contributed by atoms with Gasteiger partial charge in [-0.2, -0.15) is 0 Å². The highest BCUT2D eigenvalue weighted by Gasteiger charge is 2.17. The number of aromatic amines is 1. The number of aromatic nitrogens is 1. The second-order valence-electron chi connectivity index (χ2n) is 3.57. The molecule has 0 bridgehead atoms. The quantitative estimate of drug-likeness (QED) is 0.695. The van der Waals surface area contributed by atoms with Crippen molar-refractivity contribution in [3.8, 4) is 0 Å². The molecule has 0 aromatic carbocycles. The summed E-state index contributed by atoms with van der Waals surface area (Å²) in [6.45, 7) is 0. The van der Waals surface area contributed by atoms with Gasteiger partial charge in [0, 0.05) is 23.6 Å². The van der Waals surface area contributed by atoms with Crippen LogP contribution < -0.4 is 10.9 Å². The van der Waals surface area contributed by atoms with Gasteiger partial charge in [-0.1, -0.05) is 11.1 Å². The summed E-state index contributed by atoms with van der Waals surface area (Å²) in [5.41, 5.74) is 1.56. The molecule has 0 fully saturated rings. The molecule has 5 nitrogen and oxygen atoms in total. The van der Waals surface area contributed by atoms with Crippen LogP contribution in [-0.4, -0.2) is 25.5 Å². The van der Waals surface area contributed by atoms with Crippen molar-refractivity contribution >= 4 is 16.8 Å². The van der Waals surface area contributed by atoms with Crippen molar-refractivity contribution in [2.24, 2.45) is 0 Å². The molecular weight excluding hydrogens is 216 g/mol. The van der Waals surface area contributed by atoms with E-state index in [2.05, 4.69) is 10.3 Å². The molecule has 82 valence electrons. The van der Waals surface area contributed by atoms with Crippen molar-refractivity contribution in [1.82, 2.24) is 4.98 Å². The van der Waals surface area contributed by atoms with Crippen molar-refractivity contribution in [2.45, 2.75) is 18.9 Å². The molecule has 1 aromatic rings. The molecule has 2 unspecified atom stereocenters. The van der Waals surface area contributed by atoms with E-state index >= 15 is 0 Å². The fourth-order valence-electron chi connectivity index (χ4n) is 1.75. The van der Waals surface area contributed by atoms with E-state index in [9.17, 15) is 13.6 Å². The van der Waals surface area contributed by atoms with Crippen LogP contribution in [0.15, 0.2) is 16.9 Å². The number of anilines is 1. The van der Waals surface area contributed by atoms with Crippen LogP contribution in [0.3, 0.4) is 0 Å². The number of aryl methyl sites for hydroxylation is 1. The Balaban J connectivity index is 2.16. The Hall–Kier alpha value is -1.14. The van der Waals surface area contributed by atoms with Crippen molar-refractivity contribution in [1.29, 1.82) is 0 Å². The van der Waals surface area contributed by atoms with Crippen molar-refractivity contribution in [3.05, 3.63) is 28.2 Å². The maximum atomic E-state index is 11.0. The van der Waals surface area contributed by atoms with Gasteiger partial charge in [0.2, 0.25) is 5.56 Å². The van der Waals surface area contributed by atoms with E-state index in [1.54, 1.807) is 6.07 Å². The molecule has 1 aliphatic rings. The normalized spacial score (nSPS) is 21.5. The molecule has 15 heavy (non-hydrogen) atoms. The van der Waals surface area contributed by atoms with Crippen LogP contribution in [0.5, 0.6) is 0 Å². The van der Waals surface area contributed by atoms with Gasteiger partial charge in [-0.25, -0.2) is 0 Å². The minimum atomic E-state index is -2.03. The van der Waals surface area contributed by atoms with Gasteiger partial charge in [0.1, 0.15) is 0 Å². The largest absolute Gasteiger partial charge is 0.772 e. The third-order valence-corrected chi connectivity index (χ3v) is 3.11. The Morgan fingerprint density at radius 3 is 3.07 bits per heavy atom. The molecule has 0 spiro atoms. The first-order chi connectivity index (χ1) is 7.15.